The number of benzene rings is 14. The highest BCUT2D eigenvalue weighted by Gasteiger charge is 2.41. The van der Waals surface area contributed by atoms with Crippen LogP contribution in [0.3, 0.4) is 0 Å². The fraction of sp³-hybridized carbons (Fsp3) is 0.128. The standard InChI is InChI=1S/C94H74N2/c1-91(2)81-33-15-13-29-73(81)77-49-43-65(55-85(77)91)95(89-35-19-25-61-21-9-11-27-71(61)89)67-45-51-79-75-47-39-59(53-83(75)93(5,6)87(79)57-67)37-41-63-23-17-32-70-64(24-18-31-69(63)70)42-38-60-40-48-76-80-52-46-68(58-88(80)94(7,8)84(76)54-60)96(90-36-20-26-62-22-10-12-28-72(62)90)66-44-50-78-74-30-14-16-34-82(74)92(3,4)86(78)56-66/h9-58H,1-8H3/b41-37+,42-38+. The van der Waals surface area contributed by atoms with Gasteiger partial charge in [0.15, 0.2) is 0 Å². The predicted octanol–water partition coefficient (Wildman–Crippen LogP) is 25.7. The molecular formula is C94H74N2. The van der Waals surface area contributed by atoms with Gasteiger partial charge in [0.2, 0.25) is 0 Å². The van der Waals surface area contributed by atoms with E-state index in [4.69, 9.17) is 0 Å². The lowest BCUT2D eigenvalue weighted by atomic mass is 9.81. The zero-order chi connectivity index (χ0) is 65.0. The van der Waals surface area contributed by atoms with Crippen molar-refractivity contribution in [2.75, 3.05) is 9.80 Å². The highest BCUT2D eigenvalue weighted by molar-refractivity contribution is 6.03. The number of hydrogen-bond donors (Lipinski definition) is 0. The zero-order valence-corrected chi connectivity index (χ0v) is 55.8. The van der Waals surface area contributed by atoms with E-state index in [1.54, 1.807) is 0 Å². The molecule has 4 aliphatic carbocycles. The molecule has 0 radical (unpaired) electrons. The molecule has 0 aromatic heterocycles. The van der Waals surface area contributed by atoms with Gasteiger partial charge in [0, 0.05) is 55.2 Å². The Bertz CT molecular complexity index is 5320. The van der Waals surface area contributed by atoms with E-state index >= 15 is 0 Å². The Labute approximate surface area is 564 Å². The van der Waals surface area contributed by atoms with Crippen LogP contribution in [-0.4, -0.2) is 0 Å². The minimum atomic E-state index is -0.241. The van der Waals surface area contributed by atoms with Gasteiger partial charge in [0.1, 0.15) is 0 Å². The summed E-state index contributed by atoms with van der Waals surface area (Å²) in [5.74, 6) is 0. The first-order chi connectivity index (χ1) is 46.6. The number of rotatable bonds is 10. The molecule has 0 unspecified atom stereocenters. The zero-order valence-electron chi connectivity index (χ0n) is 55.8. The maximum absolute atomic E-state index is 2.50. The second kappa shape index (κ2) is 21.2. The molecule has 0 amide bonds. The van der Waals surface area contributed by atoms with E-state index in [2.05, 4.69) is 369 Å². The molecular weight excluding hydrogens is 1160 g/mol. The molecule has 2 nitrogen and oxygen atoms in total. The third-order valence-electron chi connectivity index (χ3n) is 22.4. The van der Waals surface area contributed by atoms with Crippen molar-refractivity contribution in [1.82, 2.24) is 0 Å². The third-order valence-corrected chi connectivity index (χ3v) is 22.4. The highest BCUT2D eigenvalue weighted by Crippen LogP contribution is 2.57. The van der Waals surface area contributed by atoms with Gasteiger partial charge in [-0.15, -0.1) is 0 Å². The molecule has 96 heavy (non-hydrogen) atoms. The average Bonchev–Trinajstić information content (AvgIpc) is 1.59. The van der Waals surface area contributed by atoms with Crippen molar-refractivity contribution in [3.63, 3.8) is 0 Å². The van der Waals surface area contributed by atoms with E-state index in [0.717, 1.165) is 22.7 Å². The van der Waals surface area contributed by atoms with E-state index in [1.807, 2.05) is 0 Å². The Morgan fingerprint density at radius 1 is 0.219 bits per heavy atom. The normalized spacial score (nSPS) is 15.1. The van der Waals surface area contributed by atoms with Crippen LogP contribution in [0, 0.1) is 0 Å². The molecule has 0 spiro atoms. The van der Waals surface area contributed by atoms with Crippen LogP contribution in [-0.2, 0) is 21.7 Å². The molecule has 0 aliphatic heterocycles. The van der Waals surface area contributed by atoms with Crippen molar-refractivity contribution < 1.29 is 0 Å². The van der Waals surface area contributed by atoms with Crippen LogP contribution in [0.5, 0.6) is 0 Å². The Hall–Kier alpha value is -11.1. The van der Waals surface area contributed by atoms with Crippen molar-refractivity contribution in [2.45, 2.75) is 77.0 Å². The summed E-state index contributed by atoms with van der Waals surface area (Å²) in [6.45, 7) is 19.1. The van der Waals surface area contributed by atoms with Gasteiger partial charge in [-0.05, 0) is 193 Å². The summed E-state index contributed by atoms with van der Waals surface area (Å²) in [7, 11) is 0. The summed E-state index contributed by atoms with van der Waals surface area (Å²) in [6, 6.07) is 105. The predicted molar refractivity (Wildman–Crippen MR) is 409 cm³/mol. The molecule has 14 aromatic rings. The van der Waals surface area contributed by atoms with Crippen LogP contribution in [0.2, 0.25) is 0 Å². The molecule has 2 heteroatoms. The van der Waals surface area contributed by atoms with Gasteiger partial charge in [-0.25, -0.2) is 0 Å². The van der Waals surface area contributed by atoms with Crippen LogP contribution in [0.1, 0.15) is 122 Å². The first-order valence-corrected chi connectivity index (χ1v) is 34.1. The first-order valence-electron chi connectivity index (χ1n) is 34.1. The molecule has 4 aliphatic rings. The topological polar surface area (TPSA) is 6.48 Å². The van der Waals surface area contributed by atoms with Crippen LogP contribution in [0.4, 0.5) is 34.1 Å². The maximum atomic E-state index is 2.50. The maximum Gasteiger partial charge on any atom is 0.0540 e. The lowest BCUT2D eigenvalue weighted by Crippen LogP contribution is -2.18. The van der Waals surface area contributed by atoms with Gasteiger partial charge < -0.3 is 9.80 Å². The summed E-state index contributed by atoms with van der Waals surface area (Å²) in [5.41, 5.74) is 32.5. The first kappa shape index (κ1) is 57.6. The van der Waals surface area contributed by atoms with Crippen molar-refractivity contribution in [3.05, 3.63) is 346 Å². The van der Waals surface area contributed by atoms with Gasteiger partial charge in [0.25, 0.3) is 0 Å². The smallest absolute Gasteiger partial charge is 0.0540 e. The molecule has 0 saturated carbocycles. The molecule has 0 saturated heterocycles. The third kappa shape index (κ3) is 8.70. The number of fused-ring (bicyclic) bond motifs is 15. The Morgan fingerprint density at radius 2 is 0.500 bits per heavy atom. The molecule has 14 aromatic carbocycles. The van der Waals surface area contributed by atoms with E-state index in [0.29, 0.717) is 0 Å². The molecule has 0 heterocycles. The molecule has 0 atom stereocenters. The molecule has 18 rings (SSSR count). The van der Waals surface area contributed by atoms with E-state index in [-0.39, 0.29) is 21.7 Å². The number of nitrogens with zero attached hydrogens (tertiary/aromatic N) is 2. The van der Waals surface area contributed by atoms with Crippen LogP contribution in [0.15, 0.2) is 279 Å². The summed E-state index contributed by atoms with van der Waals surface area (Å²) < 4.78 is 0. The molecule has 460 valence electrons. The molecule has 0 fully saturated rings. The second-order valence-electron chi connectivity index (χ2n) is 29.2. The largest absolute Gasteiger partial charge is 0.310 e. The van der Waals surface area contributed by atoms with Crippen molar-refractivity contribution in [2.24, 2.45) is 0 Å². The van der Waals surface area contributed by atoms with E-state index in [9.17, 15) is 0 Å². The Balaban J connectivity index is 0.630. The van der Waals surface area contributed by atoms with Crippen LogP contribution >= 0.6 is 0 Å². The molecule has 0 bridgehead atoms. The minimum absolute atomic E-state index is 0.123. The van der Waals surface area contributed by atoms with E-state index in [1.165, 1.54) is 155 Å². The van der Waals surface area contributed by atoms with Gasteiger partial charge in [0.05, 0.1) is 11.4 Å². The van der Waals surface area contributed by atoms with Crippen LogP contribution < -0.4 is 9.80 Å². The van der Waals surface area contributed by atoms with Crippen molar-refractivity contribution >= 4 is 90.7 Å². The van der Waals surface area contributed by atoms with E-state index < -0.39 is 0 Å². The second-order valence-corrected chi connectivity index (χ2v) is 29.2. The Kier molecular flexibility index (Phi) is 12.7. The monoisotopic (exact) mass is 1230 g/mol. The quantitative estimate of drug-likeness (QED) is 0.126. The van der Waals surface area contributed by atoms with Gasteiger partial charge >= 0.3 is 0 Å². The summed E-state index contributed by atoms with van der Waals surface area (Å²) in [5, 5.41) is 7.38. The van der Waals surface area contributed by atoms with Gasteiger partial charge in [-0.3, -0.25) is 0 Å². The van der Waals surface area contributed by atoms with Crippen molar-refractivity contribution in [3.8, 4) is 44.5 Å². The SMILES string of the molecule is CC1(C)c2ccccc2-c2ccc(N(c3ccc4c(c3)C(C)(C)c3cc(/C=C/c5cccc6c(/C=C/c7ccc8c(c7)C(C)(C)c7cc(N(c9ccc%10c(c9)C(C)(C)c9ccccc9-%10)c9cccc%10ccccc9%10)ccc7-8)cccc56)ccc3-4)c3cccc4ccccc34)cc21. The minimum Gasteiger partial charge on any atom is -0.310 e. The lowest BCUT2D eigenvalue weighted by Gasteiger charge is -2.30. The number of hydrogen-bond acceptors (Lipinski definition) is 2. The summed E-state index contributed by atoms with van der Waals surface area (Å²) in [4.78, 5) is 5.00. The van der Waals surface area contributed by atoms with Gasteiger partial charge in [-0.1, -0.05) is 298 Å². The lowest BCUT2D eigenvalue weighted by molar-refractivity contribution is 0.659. The summed E-state index contributed by atoms with van der Waals surface area (Å²) in [6.07, 6.45) is 9.22. The average molecular weight is 1230 g/mol. The number of anilines is 6. The Morgan fingerprint density at radius 3 is 0.885 bits per heavy atom. The highest BCUT2D eigenvalue weighted by atomic mass is 15.2. The van der Waals surface area contributed by atoms with Crippen molar-refractivity contribution in [1.29, 1.82) is 0 Å². The fourth-order valence-corrected chi connectivity index (χ4v) is 17.3. The summed E-state index contributed by atoms with van der Waals surface area (Å²) >= 11 is 0. The molecule has 0 N–H and O–H groups in total. The van der Waals surface area contributed by atoms with Gasteiger partial charge in [-0.2, -0.15) is 0 Å². The fourth-order valence-electron chi connectivity index (χ4n) is 17.3. The van der Waals surface area contributed by atoms with Crippen LogP contribution in [0.25, 0.3) is 101 Å².